The van der Waals surface area contributed by atoms with Crippen molar-refractivity contribution < 1.29 is 24.0 Å². The average Bonchev–Trinajstić information content (AvgIpc) is 2.87. The molecule has 0 fully saturated rings. The van der Waals surface area contributed by atoms with Gasteiger partial charge in [0.2, 0.25) is 0 Å². The number of nitrogens with one attached hydrogen (secondary N) is 1. The number of hydrogen-bond acceptors (Lipinski definition) is 7. The Morgan fingerprint density at radius 2 is 1.67 bits per heavy atom. The van der Waals surface area contributed by atoms with E-state index < -0.39 is 10.8 Å². The third-order valence-electron chi connectivity index (χ3n) is 5.53. The lowest BCUT2D eigenvalue weighted by Gasteiger charge is -2.17. The first-order valence-corrected chi connectivity index (χ1v) is 12.6. The van der Waals surface area contributed by atoms with E-state index in [0.717, 1.165) is 5.56 Å². The van der Waals surface area contributed by atoms with Crippen LogP contribution in [0.4, 0.5) is 11.4 Å². The normalized spacial score (nSPS) is 11.4. The molecule has 0 spiro atoms. The number of carbonyl (C=O) groups is 2. The summed E-state index contributed by atoms with van der Waals surface area (Å²) in [5, 5.41) is 14.5. The van der Waals surface area contributed by atoms with Crippen LogP contribution >= 0.6 is 0 Å². The number of nitro groups is 1. The molecule has 9 nitrogen and oxygen atoms in total. The van der Waals surface area contributed by atoms with Gasteiger partial charge in [-0.3, -0.25) is 19.7 Å². The Morgan fingerprint density at radius 3 is 2.28 bits per heavy atom. The van der Waals surface area contributed by atoms with Crippen LogP contribution in [0.1, 0.15) is 60.4 Å². The molecule has 3 rings (SSSR count). The van der Waals surface area contributed by atoms with Gasteiger partial charge in [-0.05, 0) is 49.9 Å². The highest BCUT2D eigenvalue weighted by Crippen LogP contribution is 2.29. The predicted molar refractivity (Wildman–Crippen MR) is 150 cm³/mol. The summed E-state index contributed by atoms with van der Waals surface area (Å²) in [5.41, 5.74) is 8.00. The number of nitro benzene ring substituents is 1. The summed E-state index contributed by atoms with van der Waals surface area (Å²) in [5.74, 6) is -0.314. The largest absolute Gasteiger partial charge is 0.490 e. The van der Waals surface area contributed by atoms with Crippen molar-refractivity contribution in [2.75, 3.05) is 5.32 Å². The molecule has 0 aliphatic carbocycles. The predicted octanol–water partition coefficient (Wildman–Crippen LogP) is 6.28. The van der Waals surface area contributed by atoms with Crippen LogP contribution < -0.4 is 20.5 Å². The second kappa shape index (κ2) is 13.2. The molecule has 9 heteroatoms. The quantitative estimate of drug-likeness (QED) is 0.115. The molecule has 0 saturated carbocycles. The van der Waals surface area contributed by atoms with Gasteiger partial charge in [-0.15, -0.1) is 0 Å². The smallest absolute Gasteiger partial charge is 0.273 e. The van der Waals surface area contributed by atoms with Crippen LogP contribution in [0.2, 0.25) is 0 Å². The number of anilines is 1. The van der Waals surface area contributed by atoms with E-state index in [0.29, 0.717) is 23.6 Å². The van der Waals surface area contributed by atoms with Gasteiger partial charge in [-0.1, -0.05) is 44.2 Å². The van der Waals surface area contributed by atoms with Crippen LogP contribution in [0, 0.1) is 16.0 Å². The molecule has 0 unspecified atom stereocenters. The van der Waals surface area contributed by atoms with E-state index in [-0.39, 0.29) is 47.0 Å². The third kappa shape index (κ3) is 8.43. The van der Waals surface area contributed by atoms with Crippen LogP contribution in [0.25, 0.3) is 0 Å². The fourth-order valence-corrected chi connectivity index (χ4v) is 3.85. The minimum absolute atomic E-state index is 0.145. The first-order valence-electron chi connectivity index (χ1n) is 12.6. The molecule has 204 valence electrons. The van der Waals surface area contributed by atoms with Gasteiger partial charge in [0.25, 0.3) is 11.6 Å². The highest BCUT2D eigenvalue weighted by Gasteiger charge is 2.19. The number of ketones is 1. The molecule has 0 aliphatic heterocycles. The number of amides is 1. The molecule has 0 heterocycles. The number of nitrogens with zero attached hydrogens (tertiary/aromatic N) is 1. The number of carbonyl (C=O) groups excluding carboxylic acids is 2. The second-order valence-electron chi connectivity index (χ2n) is 9.71. The number of non-ortho nitro benzene ring substituents is 1. The Balaban J connectivity index is 1.92. The van der Waals surface area contributed by atoms with Crippen molar-refractivity contribution in [1.29, 1.82) is 0 Å². The van der Waals surface area contributed by atoms with E-state index in [1.807, 2.05) is 44.2 Å². The van der Waals surface area contributed by atoms with Gasteiger partial charge in [0, 0.05) is 29.6 Å². The molecule has 0 atom stereocenters. The Kier molecular flexibility index (Phi) is 9.80. The van der Waals surface area contributed by atoms with Crippen molar-refractivity contribution >= 4 is 23.1 Å². The van der Waals surface area contributed by atoms with Gasteiger partial charge in [0.15, 0.2) is 5.78 Å². The van der Waals surface area contributed by atoms with Gasteiger partial charge >= 0.3 is 0 Å². The van der Waals surface area contributed by atoms with Gasteiger partial charge in [-0.2, -0.15) is 0 Å². The van der Waals surface area contributed by atoms with Gasteiger partial charge in [0.05, 0.1) is 28.2 Å². The number of nitrogens with two attached hydrogens (primary N) is 1. The average molecular weight is 532 g/mol. The molecular weight excluding hydrogens is 498 g/mol. The van der Waals surface area contributed by atoms with Crippen molar-refractivity contribution in [2.24, 2.45) is 11.7 Å². The Bertz CT molecular complexity index is 1370. The van der Waals surface area contributed by atoms with Crippen molar-refractivity contribution in [2.45, 2.75) is 46.8 Å². The maximum absolute atomic E-state index is 13.3. The molecule has 1 amide bonds. The Labute approximate surface area is 227 Å². The summed E-state index contributed by atoms with van der Waals surface area (Å²) in [7, 11) is 0. The molecule has 0 saturated heterocycles. The van der Waals surface area contributed by atoms with E-state index in [1.165, 1.54) is 24.3 Å². The summed E-state index contributed by atoms with van der Waals surface area (Å²) in [6, 6.07) is 18.4. The fourth-order valence-electron chi connectivity index (χ4n) is 3.85. The van der Waals surface area contributed by atoms with E-state index in [2.05, 4.69) is 5.32 Å². The fraction of sp³-hybridized carbons (Fsp3) is 0.267. The van der Waals surface area contributed by atoms with Crippen LogP contribution in [-0.2, 0) is 6.61 Å². The monoisotopic (exact) mass is 531 g/mol. The number of ether oxygens (including phenoxy) is 2. The van der Waals surface area contributed by atoms with Crippen molar-refractivity contribution in [3.05, 3.63) is 105 Å². The van der Waals surface area contributed by atoms with Gasteiger partial charge < -0.3 is 20.5 Å². The summed E-state index contributed by atoms with van der Waals surface area (Å²) in [4.78, 5) is 36.0. The first kappa shape index (κ1) is 28.9. The van der Waals surface area contributed by atoms with Crippen molar-refractivity contribution in [3.63, 3.8) is 0 Å². The summed E-state index contributed by atoms with van der Waals surface area (Å²) in [6.07, 6.45) is 1.71. The van der Waals surface area contributed by atoms with Crippen molar-refractivity contribution in [1.82, 2.24) is 0 Å². The number of rotatable bonds is 13. The molecular formula is C30H33N3O6. The molecule has 39 heavy (non-hydrogen) atoms. The maximum Gasteiger partial charge on any atom is 0.273 e. The van der Waals surface area contributed by atoms with Gasteiger partial charge in [0.1, 0.15) is 18.1 Å². The van der Waals surface area contributed by atoms with Crippen LogP contribution in [-0.4, -0.2) is 22.7 Å². The lowest BCUT2D eigenvalue weighted by Crippen LogP contribution is -2.14. The molecule has 0 aromatic heterocycles. The zero-order valence-electron chi connectivity index (χ0n) is 22.5. The van der Waals surface area contributed by atoms with E-state index >= 15 is 0 Å². The van der Waals surface area contributed by atoms with E-state index in [4.69, 9.17) is 15.2 Å². The summed E-state index contributed by atoms with van der Waals surface area (Å²) < 4.78 is 11.6. The minimum Gasteiger partial charge on any atom is -0.490 e. The topological polar surface area (TPSA) is 134 Å². The highest BCUT2D eigenvalue weighted by molar-refractivity contribution is 6.07. The SMILES string of the molecule is CC(C)C/C(=C/C(=O)c1ccc([N+](=O)[O-])cc1OC(C)C)Nc1ccc(C(N)=O)c(OCc2ccccc2)c1. The zero-order chi connectivity index (χ0) is 28.5. The van der Waals surface area contributed by atoms with Crippen LogP contribution in [0.3, 0.4) is 0 Å². The molecule has 3 N–H and O–H groups in total. The third-order valence-corrected chi connectivity index (χ3v) is 5.53. The van der Waals surface area contributed by atoms with E-state index in [9.17, 15) is 19.7 Å². The molecule has 0 bridgehead atoms. The lowest BCUT2D eigenvalue weighted by atomic mass is 10.0. The van der Waals surface area contributed by atoms with Crippen LogP contribution in [0.5, 0.6) is 11.5 Å². The number of benzene rings is 3. The molecule has 0 radical (unpaired) electrons. The maximum atomic E-state index is 13.3. The second-order valence-corrected chi connectivity index (χ2v) is 9.71. The standard InChI is InChI=1S/C30H33N3O6/c1-19(2)14-23(15-27(34)25-13-11-24(33(36)37)17-29(25)39-20(3)4)32-22-10-12-26(30(31)35)28(16-22)38-18-21-8-6-5-7-9-21/h5-13,15-17,19-20,32H,14,18H2,1-4H3,(H2,31,35)/b23-15-. The summed E-state index contributed by atoms with van der Waals surface area (Å²) >= 11 is 0. The zero-order valence-corrected chi connectivity index (χ0v) is 22.5. The molecule has 0 aliphatic rings. The Morgan fingerprint density at radius 1 is 0.974 bits per heavy atom. The minimum atomic E-state index is -0.617. The van der Waals surface area contributed by atoms with Crippen molar-refractivity contribution in [3.8, 4) is 11.5 Å². The molecule has 3 aromatic carbocycles. The molecule has 3 aromatic rings. The number of primary amides is 1. The lowest BCUT2D eigenvalue weighted by molar-refractivity contribution is -0.384. The van der Waals surface area contributed by atoms with Gasteiger partial charge in [-0.25, -0.2) is 0 Å². The number of allylic oxidation sites excluding steroid dienone is 2. The van der Waals surface area contributed by atoms with E-state index in [1.54, 1.807) is 32.0 Å². The highest BCUT2D eigenvalue weighted by atomic mass is 16.6. The first-order chi connectivity index (χ1) is 18.5. The summed E-state index contributed by atoms with van der Waals surface area (Å²) in [6.45, 7) is 7.84. The Hall–Kier alpha value is -4.66. The van der Waals surface area contributed by atoms with Crippen LogP contribution in [0.15, 0.2) is 78.5 Å². The number of hydrogen-bond donors (Lipinski definition) is 2.